The van der Waals surface area contributed by atoms with E-state index < -0.39 is 0 Å². The summed E-state index contributed by atoms with van der Waals surface area (Å²) in [6.07, 6.45) is -0.0110. The van der Waals surface area contributed by atoms with Gasteiger partial charge in [-0.1, -0.05) is 18.2 Å². The molecule has 1 fully saturated rings. The van der Waals surface area contributed by atoms with Crippen molar-refractivity contribution in [3.05, 3.63) is 30.3 Å². The molecule has 2 rings (SSSR count). The molecule has 1 aliphatic heterocycles. The number of carbonyl (C=O) groups is 1. The molecule has 2 N–H and O–H groups in total. The number of benzene rings is 1. The van der Waals surface area contributed by atoms with E-state index in [-0.39, 0.29) is 12.0 Å². The van der Waals surface area contributed by atoms with Crippen LogP contribution in [0.2, 0.25) is 0 Å². The highest BCUT2D eigenvalue weighted by molar-refractivity contribution is 5.80. The molecule has 1 unspecified atom stereocenters. The van der Waals surface area contributed by atoms with Crippen molar-refractivity contribution in [2.24, 2.45) is 4.99 Å². The number of carbonyl (C=O) groups excluding carboxylic acids is 1. The zero-order valence-electron chi connectivity index (χ0n) is 17.9. The average molecular weight is 406 g/mol. The third-order valence-corrected chi connectivity index (χ3v) is 4.58. The van der Waals surface area contributed by atoms with Gasteiger partial charge in [-0.3, -0.25) is 9.69 Å². The van der Waals surface area contributed by atoms with Crippen LogP contribution in [-0.4, -0.2) is 93.8 Å². The summed E-state index contributed by atoms with van der Waals surface area (Å²) in [5, 5.41) is 6.24. The molecule has 162 valence electrons. The minimum Gasteiger partial charge on any atom is -0.489 e. The molecule has 29 heavy (non-hydrogen) atoms. The zero-order valence-corrected chi connectivity index (χ0v) is 17.9. The number of methoxy groups -OCH3 is 1. The highest BCUT2D eigenvalue weighted by atomic mass is 16.5. The van der Waals surface area contributed by atoms with E-state index in [4.69, 9.17) is 14.5 Å². The maximum absolute atomic E-state index is 12.0. The second kappa shape index (κ2) is 13.0. The van der Waals surface area contributed by atoms with Crippen LogP contribution in [0.4, 0.5) is 0 Å². The molecule has 1 saturated heterocycles. The van der Waals surface area contributed by atoms with Crippen molar-refractivity contribution in [2.45, 2.75) is 20.0 Å². The summed E-state index contributed by atoms with van der Waals surface area (Å²) >= 11 is 0. The molecule has 0 spiro atoms. The molecule has 0 bridgehead atoms. The molecule has 0 radical (unpaired) electrons. The van der Waals surface area contributed by atoms with Crippen molar-refractivity contribution >= 4 is 11.9 Å². The number of guanidine groups is 1. The highest BCUT2D eigenvalue weighted by Gasteiger charge is 2.21. The molecule has 8 nitrogen and oxygen atoms in total. The lowest BCUT2D eigenvalue weighted by Crippen LogP contribution is -2.54. The topological polar surface area (TPSA) is 78.4 Å². The Labute approximate surface area is 174 Å². The average Bonchev–Trinajstić information content (AvgIpc) is 2.73. The van der Waals surface area contributed by atoms with Crippen molar-refractivity contribution in [3.8, 4) is 5.75 Å². The number of rotatable bonds is 10. The molecule has 1 heterocycles. The fraction of sp³-hybridized carbons (Fsp3) is 0.619. The van der Waals surface area contributed by atoms with Gasteiger partial charge >= 0.3 is 0 Å². The smallest absolute Gasteiger partial charge is 0.234 e. The maximum atomic E-state index is 12.0. The standard InChI is InChI=1S/C21H35N5O3/c1-4-22-21(24-16-18(2)29-19-8-6-5-7-9-19)26-13-11-25(12-14-26)17-20(27)23-10-15-28-3/h5-9,18H,4,10-17H2,1-3H3,(H,22,24)(H,23,27). The third-order valence-electron chi connectivity index (χ3n) is 4.58. The molecular formula is C21H35N5O3. The number of piperazine rings is 1. The molecule has 8 heteroatoms. The van der Waals surface area contributed by atoms with Crippen LogP contribution in [0.5, 0.6) is 5.75 Å². The fourth-order valence-electron chi connectivity index (χ4n) is 3.08. The van der Waals surface area contributed by atoms with Gasteiger partial charge in [0.2, 0.25) is 5.91 Å². The molecule has 1 amide bonds. The number of ether oxygens (including phenoxy) is 2. The minimum atomic E-state index is -0.0110. The predicted molar refractivity (Wildman–Crippen MR) is 115 cm³/mol. The van der Waals surface area contributed by atoms with Gasteiger partial charge in [0.15, 0.2) is 5.96 Å². The molecule has 1 atom stereocenters. The van der Waals surface area contributed by atoms with Crippen molar-refractivity contribution < 1.29 is 14.3 Å². The van der Waals surface area contributed by atoms with Gasteiger partial charge in [-0.15, -0.1) is 0 Å². The lowest BCUT2D eigenvalue weighted by atomic mass is 10.3. The Hall–Kier alpha value is -2.32. The first kappa shape index (κ1) is 23.0. The fourth-order valence-corrected chi connectivity index (χ4v) is 3.08. The Morgan fingerprint density at radius 3 is 2.55 bits per heavy atom. The van der Waals surface area contributed by atoms with E-state index in [2.05, 4.69) is 27.4 Å². The van der Waals surface area contributed by atoms with Gasteiger partial charge in [-0.25, -0.2) is 4.99 Å². The van der Waals surface area contributed by atoms with Gasteiger partial charge in [0, 0.05) is 46.4 Å². The SMILES string of the molecule is CCNC(=NCC(C)Oc1ccccc1)N1CCN(CC(=O)NCCOC)CC1. The second-order valence-corrected chi connectivity index (χ2v) is 7.04. The van der Waals surface area contributed by atoms with Gasteiger partial charge < -0.3 is 25.0 Å². The monoisotopic (exact) mass is 405 g/mol. The van der Waals surface area contributed by atoms with Crippen molar-refractivity contribution in [1.29, 1.82) is 0 Å². The van der Waals surface area contributed by atoms with Crippen LogP contribution in [0.3, 0.4) is 0 Å². The Morgan fingerprint density at radius 2 is 1.90 bits per heavy atom. The normalized spacial score (nSPS) is 16.4. The summed E-state index contributed by atoms with van der Waals surface area (Å²) < 4.78 is 10.9. The van der Waals surface area contributed by atoms with E-state index in [9.17, 15) is 4.79 Å². The molecule has 1 aromatic carbocycles. The Morgan fingerprint density at radius 1 is 1.17 bits per heavy atom. The summed E-state index contributed by atoms with van der Waals surface area (Å²) in [7, 11) is 1.63. The molecule has 1 aliphatic rings. The van der Waals surface area contributed by atoms with Crippen molar-refractivity contribution in [1.82, 2.24) is 20.4 Å². The molecule has 0 aliphatic carbocycles. The van der Waals surface area contributed by atoms with Crippen molar-refractivity contribution in [2.75, 3.05) is 66.1 Å². The van der Waals surface area contributed by atoms with E-state index in [1.807, 2.05) is 37.3 Å². The zero-order chi connectivity index (χ0) is 20.9. The number of para-hydroxylation sites is 1. The van der Waals surface area contributed by atoms with Crippen molar-refractivity contribution in [3.63, 3.8) is 0 Å². The Kier molecular flexibility index (Phi) is 10.3. The second-order valence-electron chi connectivity index (χ2n) is 7.04. The number of nitrogens with one attached hydrogen (secondary N) is 2. The van der Waals surface area contributed by atoms with Gasteiger partial charge in [0.1, 0.15) is 11.9 Å². The van der Waals surface area contributed by atoms with Gasteiger partial charge in [0.05, 0.1) is 19.7 Å². The van der Waals surface area contributed by atoms with Gasteiger partial charge in [-0.2, -0.15) is 0 Å². The lowest BCUT2D eigenvalue weighted by molar-refractivity contribution is -0.122. The predicted octanol–water partition coefficient (Wildman–Crippen LogP) is 0.800. The van der Waals surface area contributed by atoms with Crippen LogP contribution in [-0.2, 0) is 9.53 Å². The number of aliphatic imine (C=N–C) groups is 1. The van der Waals surface area contributed by atoms with Gasteiger partial charge in [0.25, 0.3) is 0 Å². The summed E-state index contributed by atoms with van der Waals surface area (Å²) in [6, 6.07) is 9.81. The number of nitrogens with zero attached hydrogens (tertiary/aromatic N) is 3. The molecule has 0 saturated carbocycles. The molecular weight excluding hydrogens is 370 g/mol. The van der Waals surface area contributed by atoms with Gasteiger partial charge in [-0.05, 0) is 26.0 Å². The largest absolute Gasteiger partial charge is 0.489 e. The van der Waals surface area contributed by atoms with Crippen LogP contribution in [0, 0.1) is 0 Å². The summed E-state index contributed by atoms with van der Waals surface area (Å²) in [5.74, 6) is 1.81. The first-order chi connectivity index (χ1) is 14.1. The summed E-state index contributed by atoms with van der Waals surface area (Å²) in [5.41, 5.74) is 0. The summed E-state index contributed by atoms with van der Waals surface area (Å²) in [4.78, 5) is 21.1. The first-order valence-electron chi connectivity index (χ1n) is 10.3. The number of hydrogen-bond donors (Lipinski definition) is 2. The maximum Gasteiger partial charge on any atom is 0.234 e. The molecule has 0 aromatic heterocycles. The van der Waals surface area contributed by atoms with Crippen LogP contribution in [0.25, 0.3) is 0 Å². The van der Waals surface area contributed by atoms with E-state index in [0.717, 1.165) is 44.4 Å². The first-order valence-corrected chi connectivity index (χ1v) is 10.3. The number of hydrogen-bond acceptors (Lipinski definition) is 5. The van der Waals surface area contributed by atoms with Crippen LogP contribution in [0.15, 0.2) is 35.3 Å². The lowest BCUT2D eigenvalue weighted by Gasteiger charge is -2.36. The van der Waals surface area contributed by atoms with E-state index in [1.54, 1.807) is 7.11 Å². The summed E-state index contributed by atoms with van der Waals surface area (Å²) in [6.45, 7) is 10.3. The van der Waals surface area contributed by atoms with Crippen LogP contribution < -0.4 is 15.4 Å². The Bertz CT molecular complexity index is 618. The van der Waals surface area contributed by atoms with Crippen LogP contribution in [0.1, 0.15) is 13.8 Å². The number of amides is 1. The minimum absolute atomic E-state index is 0.0110. The van der Waals surface area contributed by atoms with E-state index in [0.29, 0.717) is 26.2 Å². The van der Waals surface area contributed by atoms with E-state index >= 15 is 0 Å². The quantitative estimate of drug-likeness (QED) is 0.341. The van der Waals surface area contributed by atoms with E-state index in [1.165, 1.54) is 0 Å². The highest BCUT2D eigenvalue weighted by Crippen LogP contribution is 2.11. The molecule has 1 aromatic rings. The van der Waals surface area contributed by atoms with Crippen LogP contribution >= 0.6 is 0 Å². The Balaban J connectivity index is 1.78. The third kappa shape index (κ3) is 8.70.